The van der Waals surface area contributed by atoms with Gasteiger partial charge in [0.15, 0.2) is 5.16 Å². The van der Waals surface area contributed by atoms with Crippen molar-refractivity contribution in [1.29, 1.82) is 5.26 Å². The fourth-order valence-electron chi connectivity index (χ4n) is 1.59. The molecule has 0 N–H and O–H groups in total. The second-order valence-corrected chi connectivity index (χ2v) is 3.98. The Balaban J connectivity index is 2.65. The molecular formula is C9H7F2N3S. The van der Waals surface area contributed by atoms with Crippen LogP contribution >= 0.6 is 11.8 Å². The lowest BCUT2D eigenvalue weighted by atomic mass is 10.2. The number of aromatic nitrogens is 2. The molecule has 0 aliphatic heterocycles. The first-order valence-electron chi connectivity index (χ1n) is 4.32. The fourth-order valence-corrected chi connectivity index (χ4v) is 1.95. The summed E-state index contributed by atoms with van der Waals surface area (Å²) in [6.07, 6.45) is 1.60. The summed E-state index contributed by atoms with van der Waals surface area (Å²) < 4.78 is 26.7. The van der Waals surface area contributed by atoms with E-state index in [-0.39, 0.29) is 29.4 Å². The minimum Gasteiger partial charge on any atom is -0.221 e. The van der Waals surface area contributed by atoms with Gasteiger partial charge in [0.2, 0.25) is 0 Å². The molecule has 1 aromatic heterocycles. The van der Waals surface area contributed by atoms with Gasteiger partial charge in [-0.25, -0.2) is 9.97 Å². The van der Waals surface area contributed by atoms with Crippen molar-refractivity contribution in [3.05, 3.63) is 17.0 Å². The molecule has 0 atom stereocenters. The van der Waals surface area contributed by atoms with Crippen LogP contribution in [0, 0.1) is 11.3 Å². The van der Waals surface area contributed by atoms with Crippen molar-refractivity contribution in [3.8, 4) is 6.07 Å². The Hall–Kier alpha value is -1.22. The molecule has 2 rings (SSSR count). The number of hydrogen-bond donors (Lipinski definition) is 0. The van der Waals surface area contributed by atoms with Gasteiger partial charge in [0.05, 0.1) is 0 Å². The van der Waals surface area contributed by atoms with Gasteiger partial charge in [-0.05, 0) is 12.7 Å². The lowest BCUT2D eigenvalue weighted by Gasteiger charge is -2.09. The molecule has 0 amide bonds. The third-order valence-electron chi connectivity index (χ3n) is 2.31. The van der Waals surface area contributed by atoms with Crippen LogP contribution in [0.3, 0.4) is 0 Å². The van der Waals surface area contributed by atoms with E-state index in [1.807, 2.05) is 6.07 Å². The molecule has 6 heteroatoms. The summed E-state index contributed by atoms with van der Waals surface area (Å²) in [7, 11) is 0. The van der Waals surface area contributed by atoms with E-state index in [4.69, 9.17) is 5.26 Å². The molecule has 1 aliphatic rings. The number of hydrogen-bond acceptors (Lipinski definition) is 4. The fraction of sp³-hybridized carbons (Fsp3) is 0.444. The van der Waals surface area contributed by atoms with Crippen LogP contribution in [-0.4, -0.2) is 16.2 Å². The molecule has 1 aliphatic carbocycles. The van der Waals surface area contributed by atoms with Gasteiger partial charge in [0.1, 0.15) is 17.5 Å². The standard InChI is InChI=1S/C9H7F2N3S/c1-15-8-13-6(4-12)5-2-3-9(10,11)7(5)14-8/h2-3H2,1H3. The first kappa shape index (κ1) is 10.3. The number of rotatable bonds is 1. The van der Waals surface area contributed by atoms with Gasteiger partial charge >= 0.3 is 0 Å². The van der Waals surface area contributed by atoms with E-state index in [0.29, 0.717) is 5.56 Å². The number of halogens is 2. The number of nitriles is 1. The van der Waals surface area contributed by atoms with Crippen LogP contribution in [0.1, 0.15) is 23.4 Å². The van der Waals surface area contributed by atoms with Gasteiger partial charge in [-0.15, -0.1) is 0 Å². The maximum absolute atomic E-state index is 13.4. The molecule has 0 spiro atoms. The summed E-state index contributed by atoms with van der Waals surface area (Å²) in [6, 6.07) is 1.84. The number of fused-ring (bicyclic) bond motifs is 1. The van der Waals surface area contributed by atoms with E-state index in [1.54, 1.807) is 6.26 Å². The molecule has 15 heavy (non-hydrogen) atoms. The van der Waals surface area contributed by atoms with Crippen molar-refractivity contribution in [2.45, 2.75) is 23.9 Å². The molecule has 1 heterocycles. The largest absolute Gasteiger partial charge is 0.290 e. The summed E-state index contributed by atoms with van der Waals surface area (Å²) in [4.78, 5) is 7.69. The summed E-state index contributed by atoms with van der Waals surface area (Å²) in [5, 5.41) is 9.03. The maximum atomic E-state index is 13.4. The van der Waals surface area contributed by atoms with E-state index in [2.05, 4.69) is 9.97 Å². The summed E-state index contributed by atoms with van der Waals surface area (Å²) in [6.45, 7) is 0. The first-order chi connectivity index (χ1) is 7.08. The van der Waals surface area contributed by atoms with Gasteiger partial charge in [-0.1, -0.05) is 11.8 Å². The normalized spacial score (nSPS) is 17.2. The van der Waals surface area contributed by atoms with Gasteiger partial charge in [0.25, 0.3) is 5.92 Å². The summed E-state index contributed by atoms with van der Waals surface area (Å²) in [5.41, 5.74) is 0.125. The zero-order valence-corrected chi connectivity index (χ0v) is 8.74. The molecule has 0 saturated carbocycles. The second-order valence-electron chi connectivity index (χ2n) is 3.20. The molecule has 0 radical (unpaired) electrons. The van der Waals surface area contributed by atoms with Crippen molar-refractivity contribution in [1.82, 2.24) is 9.97 Å². The molecule has 3 nitrogen and oxygen atoms in total. The molecule has 0 aromatic carbocycles. The SMILES string of the molecule is CSc1nc(C#N)c2c(n1)C(F)(F)CC2. The highest BCUT2D eigenvalue weighted by atomic mass is 32.2. The molecule has 1 aromatic rings. The minimum atomic E-state index is -2.91. The zero-order chi connectivity index (χ0) is 11.1. The highest BCUT2D eigenvalue weighted by Gasteiger charge is 2.42. The molecule has 78 valence electrons. The maximum Gasteiger partial charge on any atom is 0.290 e. The number of alkyl halides is 2. The van der Waals surface area contributed by atoms with E-state index < -0.39 is 5.92 Å². The average molecular weight is 227 g/mol. The minimum absolute atomic E-state index is 0.0847. The van der Waals surface area contributed by atoms with Crippen molar-refractivity contribution in [2.75, 3.05) is 6.26 Å². The Labute approximate surface area is 89.5 Å². The van der Waals surface area contributed by atoms with E-state index in [1.165, 1.54) is 0 Å². The van der Waals surface area contributed by atoms with E-state index in [9.17, 15) is 8.78 Å². The smallest absolute Gasteiger partial charge is 0.221 e. The van der Waals surface area contributed by atoms with Crippen LogP contribution in [0.25, 0.3) is 0 Å². The van der Waals surface area contributed by atoms with Crippen molar-refractivity contribution >= 4 is 11.8 Å². The van der Waals surface area contributed by atoms with Gasteiger partial charge in [-0.2, -0.15) is 14.0 Å². The highest BCUT2D eigenvalue weighted by molar-refractivity contribution is 7.98. The van der Waals surface area contributed by atoms with E-state index >= 15 is 0 Å². The van der Waals surface area contributed by atoms with Crippen molar-refractivity contribution in [3.63, 3.8) is 0 Å². The lowest BCUT2D eigenvalue weighted by molar-refractivity contribution is -0.00652. The monoisotopic (exact) mass is 227 g/mol. The Morgan fingerprint density at radius 3 is 2.80 bits per heavy atom. The second kappa shape index (κ2) is 3.42. The van der Waals surface area contributed by atoms with Gasteiger partial charge in [0, 0.05) is 12.0 Å². The van der Waals surface area contributed by atoms with Crippen LogP contribution in [-0.2, 0) is 12.3 Å². The van der Waals surface area contributed by atoms with Gasteiger partial charge in [-0.3, -0.25) is 0 Å². The van der Waals surface area contributed by atoms with Crippen LogP contribution in [0.2, 0.25) is 0 Å². The molecule has 0 fully saturated rings. The zero-order valence-electron chi connectivity index (χ0n) is 7.92. The summed E-state index contributed by atoms with van der Waals surface area (Å²) >= 11 is 1.16. The van der Waals surface area contributed by atoms with Gasteiger partial charge < -0.3 is 0 Å². The van der Waals surface area contributed by atoms with Crippen LogP contribution in [0.15, 0.2) is 5.16 Å². The molecule has 0 saturated heterocycles. The quantitative estimate of drug-likeness (QED) is 0.544. The molecule has 0 bridgehead atoms. The Kier molecular flexibility index (Phi) is 2.35. The van der Waals surface area contributed by atoms with Crippen molar-refractivity contribution in [2.24, 2.45) is 0 Å². The third-order valence-corrected chi connectivity index (χ3v) is 2.86. The Bertz CT molecular complexity index is 453. The Morgan fingerprint density at radius 2 is 2.20 bits per heavy atom. The molecular weight excluding hydrogens is 220 g/mol. The summed E-state index contributed by atoms with van der Waals surface area (Å²) in [5.74, 6) is -2.91. The molecule has 0 unspecified atom stereocenters. The van der Waals surface area contributed by atoms with Crippen LogP contribution in [0.5, 0.6) is 0 Å². The predicted molar refractivity (Wildman–Crippen MR) is 50.7 cm³/mol. The number of thioether (sulfide) groups is 1. The van der Waals surface area contributed by atoms with E-state index in [0.717, 1.165) is 11.8 Å². The van der Waals surface area contributed by atoms with Crippen LogP contribution < -0.4 is 0 Å². The number of nitrogens with zero attached hydrogens (tertiary/aromatic N) is 3. The average Bonchev–Trinajstić information content (AvgIpc) is 2.54. The highest BCUT2D eigenvalue weighted by Crippen LogP contribution is 2.41. The Morgan fingerprint density at radius 1 is 1.47 bits per heavy atom. The van der Waals surface area contributed by atoms with Crippen LogP contribution in [0.4, 0.5) is 8.78 Å². The third kappa shape index (κ3) is 1.57. The topological polar surface area (TPSA) is 49.6 Å². The predicted octanol–water partition coefficient (Wildman–Crippen LogP) is 2.11. The van der Waals surface area contributed by atoms with Crippen molar-refractivity contribution < 1.29 is 8.78 Å². The lowest BCUT2D eigenvalue weighted by Crippen LogP contribution is -2.11. The first-order valence-corrected chi connectivity index (χ1v) is 5.54.